The molecule has 0 amide bonds. The van der Waals surface area contributed by atoms with Gasteiger partial charge in [-0.3, -0.25) is 0 Å². The number of likely N-dealkylation sites (tertiary alicyclic amines) is 1. The van der Waals surface area contributed by atoms with Gasteiger partial charge in [0.25, 0.3) is 0 Å². The molecule has 8 heteroatoms. The Balaban J connectivity index is 1.58. The number of fused-ring (bicyclic) bond motifs is 1. The summed E-state index contributed by atoms with van der Waals surface area (Å²) < 4.78 is 52.8. The number of piperidine rings is 1. The lowest BCUT2D eigenvalue weighted by Gasteiger charge is -2.26. The van der Waals surface area contributed by atoms with E-state index in [4.69, 9.17) is 9.47 Å². The van der Waals surface area contributed by atoms with Crippen LogP contribution >= 0.6 is 0 Å². The van der Waals surface area contributed by atoms with Crippen LogP contribution in [0.15, 0.2) is 42.5 Å². The van der Waals surface area contributed by atoms with Crippen LogP contribution in [0.3, 0.4) is 0 Å². The number of esters is 1. The summed E-state index contributed by atoms with van der Waals surface area (Å²) in [4.78, 5) is 15.3. The fourth-order valence-corrected chi connectivity index (χ4v) is 4.91. The third-order valence-corrected chi connectivity index (χ3v) is 6.71. The average molecular weight is 503 g/mol. The molecule has 4 rings (SSSR count). The molecule has 1 aliphatic heterocycles. The number of rotatable bonds is 9. The molecule has 0 bridgehead atoms. The van der Waals surface area contributed by atoms with Gasteiger partial charge in [-0.05, 0) is 82.1 Å². The van der Waals surface area contributed by atoms with E-state index in [1.165, 1.54) is 25.3 Å². The maximum Gasteiger partial charge on any atom is 0.416 e. The summed E-state index contributed by atoms with van der Waals surface area (Å²) in [5.41, 5.74) is 1.60. The minimum absolute atomic E-state index is 0.196. The van der Waals surface area contributed by atoms with Crippen LogP contribution in [0, 0.1) is 6.92 Å². The molecule has 2 aromatic carbocycles. The highest BCUT2D eigenvalue weighted by molar-refractivity contribution is 6.06. The SMILES string of the molecule is CCOC(=O)c1c(C)n(Cc2cccc(C(F)(F)F)c2)c2ccc(OCCCN3CCCCC3)cc12. The third-order valence-electron chi connectivity index (χ3n) is 6.71. The molecular formula is C28H33F3N2O3. The summed E-state index contributed by atoms with van der Waals surface area (Å²) in [6.07, 6.45) is 0.317. The number of nitrogens with zero attached hydrogens (tertiary/aromatic N) is 2. The summed E-state index contributed by atoms with van der Waals surface area (Å²) in [6, 6.07) is 10.8. The van der Waals surface area contributed by atoms with Crippen LogP contribution in [0.25, 0.3) is 10.9 Å². The number of hydrogen-bond donors (Lipinski definition) is 0. The van der Waals surface area contributed by atoms with Gasteiger partial charge in [0.1, 0.15) is 5.75 Å². The summed E-state index contributed by atoms with van der Waals surface area (Å²) in [6.45, 7) is 7.82. The predicted molar refractivity (Wildman–Crippen MR) is 134 cm³/mol. The molecule has 0 N–H and O–H groups in total. The lowest BCUT2D eigenvalue weighted by molar-refractivity contribution is -0.137. The molecule has 2 heterocycles. The van der Waals surface area contributed by atoms with Gasteiger partial charge in [0.05, 0.1) is 24.3 Å². The molecule has 1 aromatic heterocycles. The van der Waals surface area contributed by atoms with Gasteiger partial charge in [-0.25, -0.2) is 4.79 Å². The number of hydrogen-bond acceptors (Lipinski definition) is 4. The Morgan fingerprint density at radius 3 is 2.56 bits per heavy atom. The maximum absolute atomic E-state index is 13.2. The molecule has 1 aliphatic rings. The van der Waals surface area contributed by atoms with Gasteiger partial charge < -0.3 is 18.9 Å². The second kappa shape index (κ2) is 11.4. The molecule has 0 radical (unpaired) electrons. The highest BCUT2D eigenvalue weighted by Crippen LogP contribution is 2.33. The quantitative estimate of drug-likeness (QED) is 0.249. The van der Waals surface area contributed by atoms with E-state index in [0.29, 0.717) is 34.6 Å². The predicted octanol–water partition coefficient (Wildman–Crippen LogP) is 6.45. The van der Waals surface area contributed by atoms with Crippen molar-refractivity contribution < 1.29 is 27.4 Å². The summed E-state index contributed by atoms with van der Waals surface area (Å²) in [5, 5.41) is 0.673. The monoisotopic (exact) mass is 502 g/mol. The number of benzene rings is 2. The molecule has 0 spiro atoms. The molecule has 0 aliphatic carbocycles. The Kier molecular flexibility index (Phi) is 8.24. The van der Waals surface area contributed by atoms with Crippen molar-refractivity contribution in [3.05, 3.63) is 64.8 Å². The van der Waals surface area contributed by atoms with Gasteiger partial charge in [0.2, 0.25) is 0 Å². The summed E-state index contributed by atoms with van der Waals surface area (Å²) in [7, 11) is 0. The van der Waals surface area contributed by atoms with Crippen molar-refractivity contribution >= 4 is 16.9 Å². The lowest BCUT2D eigenvalue weighted by atomic mass is 10.1. The minimum atomic E-state index is -4.42. The number of carbonyl (C=O) groups is 1. The van der Waals surface area contributed by atoms with Crippen molar-refractivity contribution in [2.45, 2.75) is 52.3 Å². The van der Waals surface area contributed by atoms with Gasteiger partial charge in [-0.2, -0.15) is 13.2 Å². The van der Waals surface area contributed by atoms with E-state index in [-0.39, 0.29) is 13.2 Å². The Morgan fingerprint density at radius 2 is 1.83 bits per heavy atom. The number of aromatic nitrogens is 1. The first kappa shape index (κ1) is 26.1. The zero-order valence-electron chi connectivity index (χ0n) is 20.9. The van der Waals surface area contributed by atoms with Crippen LogP contribution in [0.1, 0.15) is 59.8 Å². The first-order chi connectivity index (χ1) is 17.3. The highest BCUT2D eigenvalue weighted by Gasteiger charge is 2.30. The molecule has 3 aromatic rings. The molecule has 0 unspecified atom stereocenters. The Bertz CT molecular complexity index is 1200. The molecule has 1 fully saturated rings. The van der Waals surface area contributed by atoms with Crippen molar-refractivity contribution in [1.82, 2.24) is 9.47 Å². The van der Waals surface area contributed by atoms with Crippen LogP contribution in [-0.4, -0.2) is 48.3 Å². The van der Waals surface area contributed by atoms with Crippen LogP contribution in [0.4, 0.5) is 13.2 Å². The van der Waals surface area contributed by atoms with Crippen molar-refractivity contribution in [2.24, 2.45) is 0 Å². The Morgan fingerprint density at radius 1 is 1.06 bits per heavy atom. The Hall–Kier alpha value is -3.00. The van der Waals surface area contributed by atoms with Crippen LogP contribution in [0.2, 0.25) is 0 Å². The fourth-order valence-electron chi connectivity index (χ4n) is 4.91. The van der Waals surface area contributed by atoms with Crippen molar-refractivity contribution in [3.8, 4) is 5.75 Å². The fraction of sp³-hybridized carbons (Fsp3) is 0.464. The van der Waals surface area contributed by atoms with E-state index in [0.717, 1.165) is 43.7 Å². The zero-order valence-corrected chi connectivity index (χ0v) is 20.9. The highest BCUT2D eigenvalue weighted by atomic mass is 19.4. The van der Waals surface area contributed by atoms with Crippen LogP contribution < -0.4 is 4.74 Å². The van der Waals surface area contributed by atoms with Crippen LogP contribution in [-0.2, 0) is 17.5 Å². The lowest BCUT2D eigenvalue weighted by Crippen LogP contribution is -2.31. The van der Waals surface area contributed by atoms with Crippen LogP contribution in [0.5, 0.6) is 5.75 Å². The van der Waals surface area contributed by atoms with E-state index in [2.05, 4.69) is 4.90 Å². The normalized spacial score (nSPS) is 14.8. The van der Waals surface area contributed by atoms with Gasteiger partial charge >= 0.3 is 12.1 Å². The summed E-state index contributed by atoms with van der Waals surface area (Å²) >= 11 is 0. The minimum Gasteiger partial charge on any atom is -0.494 e. The molecule has 5 nitrogen and oxygen atoms in total. The van der Waals surface area contributed by atoms with Gasteiger partial charge in [-0.15, -0.1) is 0 Å². The molecule has 194 valence electrons. The van der Waals surface area contributed by atoms with Crippen molar-refractivity contribution in [3.63, 3.8) is 0 Å². The second-order valence-electron chi connectivity index (χ2n) is 9.25. The zero-order chi connectivity index (χ0) is 25.7. The molecular weight excluding hydrogens is 469 g/mol. The number of halogens is 3. The second-order valence-corrected chi connectivity index (χ2v) is 9.25. The van der Waals surface area contributed by atoms with Crippen molar-refractivity contribution in [1.29, 1.82) is 0 Å². The average Bonchev–Trinajstić information content (AvgIpc) is 3.13. The smallest absolute Gasteiger partial charge is 0.416 e. The number of ether oxygens (including phenoxy) is 2. The number of carbonyl (C=O) groups excluding carboxylic acids is 1. The van der Waals surface area contributed by atoms with E-state index >= 15 is 0 Å². The van der Waals surface area contributed by atoms with E-state index in [1.807, 2.05) is 22.8 Å². The van der Waals surface area contributed by atoms with Gasteiger partial charge in [-0.1, -0.05) is 18.6 Å². The van der Waals surface area contributed by atoms with Gasteiger partial charge in [0, 0.05) is 29.7 Å². The van der Waals surface area contributed by atoms with E-state index in [9.17, 15) is 18.0 Å². The van der Waals surface area contributed by atoms with Crippen molar-refractivity contribution in [2.75, 3.05) is 32.8 Å². The Labute approximate surface area is 209 Å². The molecule has 1 saturated heterocycles. The maximum atomic E-state index is 13.2. The first-order valence-electron chi connectivity index (χ1n) is 12.6. The topological polar surface area (TPSA) is 43.7 Å². The summed E-state index contributed by atoms with van der Waals surface area (Å²) in [5.74, 6) is 0.202. The molecule has 0 saturated carbocycles. The molecule has 0 atom stereocenters. The molecule has 36 heavy (non-hydrogen) atoms. The largest absolute Gasteiger partial charge is 0.494 e. The standard InChI is InChI=1S/C28H33F3N2O3/c1-3-35-27(34)26-20(2)33(19-21-9-7-10-22(17-21)28(29,30)31)25-12-11-23(18-24(25)26)36-16-8-15-32-13-5-4-6-14-32/h7,9-12,17-18H,3-6,8,13-16,19H2,1-2H3. The van der Waals surface area contributed by atoms with E-state index < -0.39 is 17.7 Å². The third kappa shape index (κ3) is 6.03. The number of alkyl halides is 3. The van der Waals surface area contributed by atoms with E-state index in [1.54, 1.807) is 19.9 Å². The van der Waals surface area contributed by atoms with Gasteiger partial charge in [0.15, 0.2) is 0 Å². The first-order valence-corrected chi connectivity index (χ1v) is 12.6.